The third-order valence-electron chi connectivity index (χ3n) is 4.17. The van der Waals surface area contributed by atoms with E-state index in [-0.39, 0.29) is 52.5 Å². The highest BCUT2D eigenvalue weighted by Crippen LogP contribution is 2.47. The second-order valence-electron chi connectivity index (χ2n) is 5.67. The first-order valence-electron chi connectivity index (χ1n) is 7.36. The molecule has 2 aromatic rings. The van der Waals surface area contributed by atoms with E-state index < -0.39 is 5.92 Å². The molecule has 1 atom stereocenters. The number of methoxy groups -OCH3 is 1. The number of carbonyl (C=O) groups is 1. The van der Waals surface area contributed by atoms with Gasteiger partial charge in [-0.3, -0.25) is 14.6 Å². The number of rotatable bonds is 1. The van der Waals surface area contributed by atoms with Crippen molar-refractivity contribution < 1.29 is 34.3 Å². The SMILES string of the molecule is COc1c2cc3c(c1O)C(=O)C(CO3)Cc1ccc(c(O)c1)OO2. The summed E-state index contributed by atoms with van der Waals surface area (Å²) in [5.41, 5.74) is 0.807. The van der Waals surface area contributed by atoms with Crippen LogP contribution in [0.1, 0.15) is 15.9 Å². The highest BCUT2D eigenvalue weighted by Gasteiger charge is 2.35. The lowest BCUT2D eigenvalue weighted by molar-refractivity contribution is -0.103. The molecular weight excluding hydrogens is 316 g/mol. The van der Waals surface area contributed by atoms with E-state index in [1.54, 1.807) is 12.1 Å². The Morgan fingerprint density at radius 3 is 2.67 bits per heavy atom. The summed E-state index contributed by atoms with van der Waals surface area (Å²) in [6, 6.07) is 6.21. The van der Waals surface area contributed by atoms with Crippen molar-refractivity contribution >= 4 is 5.78 Å². The van der Waals surface area contributed by atoms with Gasteiger partial charge in [0.25, 0.3) is 0 Å². The maximum absolute atomic E-state index is 12.8. The van der Waals surface area contributed by atoms with Crippen LogP contribution in [0.3, 0.4) is 0 Å². The number of hydrogen-bond acceptors (Lipinski definition) is 7. The van der Waals surface area contributed by atoms with Gasteiger partial charge in [0.2, 0.25) is 17.2 Å². The minimum Gasteiger partial charge on any atom is -0.504 e. The largest absolute Gasteiger partial charge is 0.504 e. The van der Waals surface area contributed by atoms with Crippen LogP contribution in [0.5, 0.6) is 34.5 Å². The standard InChI is InChI=1S/C17H14O7/c1-21-17-13-6-12-14(16(17)20)15(19)9(7-22-12)4-8-2-3-11(23-24-13)10(18)5-8/h2-3,5-6,9,18,20H,4,7H2,1H3. The molecule has 24 heavy (non-hydrogen) atoms. The lowest BCUT2D eigenvalue weighted by Crippen LogP contribution is -2.29. The average molecular weight is 330 g/mol. The molecule has 0 saturated carbocycles. The van der Waals surface area contributed by atoms with Gasteiger partial charge in [0.05, 0.1) is 19.6 Å². The Labute approximate surface area is 136 Å². The topological polar surface area (TPSA) is 94.5 Å². The third-order valence-corrected chi connectivity index (χ3v) is 4.17. The van der Waals surface area contributed by atoms with Gasteiger partial charge in [0.15, 0.2) is 17.3 Å². The number of ether oxygens (including phenoxy) is 2. The van der Waals surface area contributed by atoms with Crippen molar-refractivity contribution in [1.29, 1.82) is 0 Å². The van der Waals surface area contributed by atoms with Crippen LogP contribution < -0.4 is 19.2 Å². The summed E-state index contributed by atoms with van der Waals surface area (Å²) in [5, 5.41) is 20.5. The fourth-order valence-electron chi connectivity index (χ4n) is 2.97. The van der Waals surface area contributed by atoms with Gasteiger partial charge in [-0.15, -0.1) is 0 Å². The molecule has 1 unspecified atom stereocenters. The molecule has 0 aliphatic carbocycles. The predicted octanol–water partition coefficient (Wildman–Crippen LogP) is 2.23. The molecule has 124 valence electrons. The van der Waals surface area contributed by atoms with Gasteiger partial charge >= 0.3 is 0 Å². The molecule has 7 aliphatic rings. The zero-order chi connectivity index (χ0) is 16.8. The Bertz CT molecular complexity index is 843. The van der Waals surface area contributed by atoms with Crippen molar-refractivity contribution in [3.63, 3.8) is 0 Å². The summed E-state index contributed by atoms with van der Waals surface area (Å²) < 4.78 is 10.8. The Kier molecular flexibility index (Phi) is 3.16. The molecule has 0 saturated heterocycles. The molecule has 0 radical (unpaired) electrons. The van der Waals surface area contributed by atoms with Crippen molar-refractivity contribution in [1.82, 2.24) is 0 Å². The smallest absolute Gasteiger partial charge is 0.228 e. The molecule has 9 rings (SSSR count). The monoisotopic (exact) mass is 330 g/mol. The molecule has 0 amide bonds. The van der Waals surface area contributed by atoms with Crippen molar-refractivity contribution in [2.45, 2.75) is 6.42 Å². The van der Waals surface area contributed by atoms with Crippen LogP contribution in [-0.2, 0) is 6.42 Å². The lowest BCUT2D eigenvalue weighted by atomic mass is 9.89. The third kappa shape index (κ3) is 2.09. The van der Waals surface area contributed by atoms with Crippen LogP contribution in [0.25, 0.3) is 0 Å². The van der Waals surface area contributed by atoms with Crippen molar-refractivity contribution in [2.75, 3.05) is 13.7 Å². The van der Waals surface area contributed by atoms with Gasteiger partial charge in [0, 0.05) is 6.07 Å². The number of phenolic OH excluding ortho intramolecular Hbond substituents is 2. The number of Topliss-reactive ketones (excluding diaryl/α,β-unsaturated/α-hetero) is 1. The number of aromatic hydroxyl groups is 2. The normalized spacial score (nSPS) is 18.0. The first kappa shape index (κ1) is 14.5. The molecule has 7 aliphatic heterocycles. The van der Waals surface area contributed by atoms with E-state index in [1.165, 1.54) is 19.2 Å². The Hall–Kier alpha value is -3.09. The predicted molar refractivity (Wildman–Crippen MR) is 81.0 cm³/mol. The van der Waals surface area contributed by atoms with Gasteiger partial charge in [-0.1, -0.05) is 6.07 Å². The Balaban J connectivity index is 1.94. The Morgan fingerprint density at radius 1 is 1.12 bits per heavy atom. The maximum atomic E-state index is 12.8. The van der Waals surface area contributed by atoms with E-state index in [0.29, 0.717) is 6.42 Å². The quantitative estimate of drug-likeness (QED) is 0.774. The highest BCUT2D eigenvalue weighted by atomic mass is 17.2. The molecule has 2 aromatic carbocycles. The van der Waals surface area contributed by atoms with Crippen LogP contribution in [0.15, 0.2) is 24.3 Å². The molecule has 2 N–H and O–H groups in total. The fourth-order valence-corrected chi connectivity index (χ4v) is 2.97. The van der Waals surface area contributed by atoms with Crippen molar-refractivity contribution in [2.24, 2.45) is 5.92 Å². The molecule has 7 heteroatoms. The molecule has 7 nitrogen and oxygen atoms in total. The summed E-state index contributed by atoms with van der Waals surface area (Å²) in [6.45, 7) is 0.167. The summed E-state index contributed by atoms with van der Waals surface area (Å²) in [6.07, 6.45) is 0.358. The van der Waals surface area contributed by atoms with Crippen molar-refractivity contribution in [3.05, 3.63) is 35.4 Å². The Morgan fingerprint density at radius 2 is 1.92 bits per heavy atom. The average Bonchev–Trinajstić information content (AvgIpc) is 2.59. The summed E-state index contributed by atoms with van der Waals surface area (Å²) in [4.78, 5) is 23.1. The molecule has 0 aromatic heterocycles. The number of benzene rings is 2. The van der Waals surface area contributed by atoms with Gasteiger partial charge < -0.3 is 19.7 Å². The first-order valence-corrected chi connectivity index (χ1v) is 7.36. The highest BCUT2D eigenvalue weighted by molar-refractivity contribution is 6.05. The van der Waals surface area contributed by atoms with Gasteiger partial charge in [-0.25, -0.2) is 0 Å². The van der Waals surface area contributed by atoms with E-state index in [0.717, 1.165) is 5.56 Å². The molecule has 0 spiro atoms. The number of phenols is 2. The number of carbonyl (C=O) groups excluding carboxylic acids is 1. The van der Waals surface area contributed by atoms with Crippen LogP contribution >= 0.6 is 0 Å². The second-order valence-corrected chi connectivity index (χ2v) is 5.67. The van der Waals surface area contributed by atoms with Gasteiger partial charge in [0.1, 0.15) is 11.3 Å². The molecule has 7 heterocycles. The summed E-state index contributed by atoms with van der Waals surface area (Å²) >= 11 is 0. The van der Waals surface area contributed by atoms with E-state index >= 15 is 0 Å². The maximum Gasteiger partial charge on any atom is 0.228 e. The summed E-state index contributed by atoms with van der Waals surface area (Å²) in [5.74, 6) is -0.891. The van der Waals surface area contributed by atoms with Crippen molar-refractivity contribution in [3.8, 4) is 34.5 Å². The van der Waals surface area contributed by atoms with E-state index in [9.17, 15) is 15.0 Å². The minimum atomic E-state index is -0.480. The van der Waals surface area contributed by atoms with E-state index in [2.05, 4.69) is 0 Å². The zero-order valence-electron chi connectivity index (χ0n) is 12.7. The van der Waals surface area contributed by atoms with Crippen LogP contribution in [-0.4, -0.2) is 29.7 Å². The van der Waals surface area contributed by atoms with Crippen LogP contribution in [0.2, 0.25) is 0 Å². The lowest BCUT2D eigenvalue weighted by Gasteiger charge is -2.25. The molecule has 6 bridgehead atoms. The second kappa shape index (κ2) is 5.23. The zero-order valence-corrected chi connectivity index (χ0v) is 12.7. The fraction of sp³-hybridized carbons (Fsp3) is 0.235. The molecular formula is C17H14O7. The first-order chi connectivity index (χ1) is 11.6. The summed E-state index contributed by atoms with van der Waals surface area (Å²) in [7, 11) is 1.34. The van der Waals surface area contributed by atoms with Gasteiger partial charge in [-0.05, 0) is 24.1 Å². The molecule has 0 fully saturated rings. The van der Waals surface area contributed by atoms with E-state index in [1.807, 2.05) is 0 Å². The van der Waals surface area contributed by atoms with E-state index in [4.69, 9.17) is 19.2 Å². The van der Waals surface area contributed by atoms with Crippen LogP contribution in [0.4, 0.5) is 0 Å². The van der Waals surface area contributed by atoms with Crippen LogP contribution in [0, 0.1) is 5.92 Å². The number of ketones is 1. The minimum absolute atomic E-state index is 0.0303. The van der Waals surface area contributed by atoms with Gasteiger partial charge in [-0.2, -0.15) is 0 Å². The number of hydrogen-bond donors (Lipinski definition) is 2.